The van der Waals surface area contributed by atoms with Gasteiger partial charge in [-0.05, 0) is 18.1 Å². The Bertz CT molecular complexity index is 459. The predicted molar refractivity (Wildman–Crippen MR) is 69.3 cm³/mol. The van der Waals surface area contributed by atoms with Crippen molar-refractivity contribution >= 4 is 8.32 Å². The summed E-state index contributed by atoms with van der Waals surface area (Å²) in [5, 5.41) is 0. The fraction of sp³-hybridized carbons (Fsp3) is 1.00. The van der Waals surface area contributed by atoms with Crippen molar-refractivity contribution in [1.82, 2.24) is 0 Å². The van der Waals surface area contributed by atoms with Crippen LogP contribution >= 0.6 is 0 Å². The lowest BCUT2D eigenvalue weighted by atomic mass is 10.2. The number of rotatable bonds is 9. The fourth-order valence-corrected chi connectivity index (χ4v) is 5.06. The van der Waals surface area contributed by atoms with Crippen LogP contribution in [0.4, 0.5) is 65.9 Å². The van der Waals surface area contributed by atoms with Crippen LogP contribution in [-0.4, -0.2) is 49.4 Å². The molecule has 0 atom stereocenters. The average molecular weight is 486 g/mol. The minimum Gasteiger partial charge on any atom is -0.432 e. The van der Waals surface area contributed by atoms with Crippen molar-refractivity contribution in [3.8, 4) is 0 Å². The first kappa shape index (κ1) is 28.1. The van der Waals surface area contributed by atoms with Crippen LogP contribution in [0.5, 0.6) is 0 Å². The van der Waals surface area contributed by atoms with Gasteiger partial charge >= 0.3 is 36.3 Å². The van der Waals surface area contributed by atoms with E-state index in [0.29, 0.717) is 0 Å². The van der Waals surface area contributed by atoms with E-state index in [9.17, 15) is 70.7 Å². The van der Waals surface area contributed by atoms with Crippen LogP contribution in [0.3, 0.4) is 0 Å². The Kier molecular flexibility index (Phi) is 8.09. The van der Waals surface area contributed by atoms with Crippen molar-refractivity contribution in [1.29, 1.82) is 0 Å². The van der Waals surface area contributed by atoms with Gasteiger partial charge < -0.3 is 4.80 Å². The van der Waals surface area contributed by atoms with Gasteiger partial charge in [0.2, 0.25) is 0 Å². The molecule has 0 unspecified atom stereocenters. The highest BCUT2D eigenvalue weighted by Gasteiger charge is 2.61. The van der Waals surface area contributed by atoms with Crippen LogP contribution in [0.2, 0.25) is 18.1 Å². The highest BCUT2D eigenvalue weighted by molar-refractivity contribution is 6.72. The van der Waals surface area contributed by atoms with Crippen LogP contribution < -0.4 is 0 Å². The minimum atomic E-state index is -6.23. The van der Waals surface area contributed by atoms with E-state index in [1.165, 1.54) is 0 Å². The molecule has 0 aromatic heterocycles. The van der Waals surface area contributed by atoms with Crippen LogP contribution in [-0.2, 0) is 0 Å². The molecular formula is C12H13F15OSi. The minimum absolute atomic E-state index is 1.83. The van der Waals surface area contributed by atoms with Gasteiger partial charge in [0.05, 0.1) is 0 Å². The maximum Gasteiger partial charge on any atom is 0.453 e. The molecule has 0 aliphatic rings. The van der Waals surface area contributed by atoms with Gasteiger partial charge in [0.25, 0.3) is 0 Å². The molecule has 0 saturated carbocycles. The zero-order chi connectivity index (χ0) is 23.7. The lowest BCUT2D eigenvalue weighted by Gasteiger charge is -2.31. The molecule has 0 bridgehead atoms. The van der Waals surface area contributed by atoms with E-state index in [2.05, 4.69) is 0 Å². The van der Waals surface area contributed by atoms with Gasteiger partial charge in [-0.2, -0.15) is 65.9 Å². The maximum absolute atomic E-state index is 12.9. The van der Waals surface area contributed by atoms with Gasteiger partial charge in [-0.3, -0.25) is 0 Å². The number of hydrogen-bond acceptors (Lipinski definition) is 1. The molecule has 0 spiro atoms. The van der Waals surface area contributed by atoms with E-state index in [1.54, 1.807) is 0 Å². The maximum atomic E-state index is 12.9. The van der Waals surface area contributed by atoms with Gasteiger partial charge in [0.15, 0.2) is 8.32 Å². The SMILES string of the molecule is O[Si](CCC(F)(F)C(F)(F)F)(CCC(F)(F)C(F)(F)F)CCC(F)(F)C(F)(F)F. The summed E-state index contributed by atoms with van der Waals surface area (Å²) < 4.78 is 187. The number of hydrogen-bond donors (Lipinski definition) is 1. The molecule has 0 heterocycles. The smallest absolute Gasteiger partial charge is 0.432 e. The first-order chi connectivity index (χ1) is 12.4. The molecule has 17 heteroatoms. The summed E-state index contributed by atoms with van der Waals surface area (Å²) in [5.74, 6) is -16.7. The van der Waals surface area contributed by atoms with Crippen molar-refractivity contribution in [2.75, 3.05) is 0 Å². The van der Waals surface area contributed by atoms with E-state index < -0.39 is 82.0 Å². The molecule has 1 nitrogen and oxygen atoms in total. The highest BCUT2D eigenvalue weighted by Crippen LogP contribution is 2.46. The highest BCUT2D eigenvalue weighted by atomic mass is 28.4. The van der Waals surface area contributed by atoms with E-state index in [4.69, 9.17) is 0 Å². The summed E-state index contributed by atoms with van der Waals surface area (Å²) in [5.41, 5.74) is 0. The molecule has 1 N–H and O–H groups in total. The Morgan fingerprint density at radius 2 is 0.586 bits per heavy atom. The Balaban J connectivity index is 5.53. The summed E-state index contributed by atoms with van der Waals surface area (Å²) in [7, 11) is -5.26. The third kappa shape index (κ3) is 7.71. The second-order valence-corrected chi connectivity index (χ2v) is 10.3. The Labute approximate surface area is 154 Å². The molecule has 29 heavy (non-hydrogen) atoms. The van der Waals surface area contributed by atoms with Crippen LogP contribution in [0, 0.1) is 0 Å². The van der Waals surface area contributed by atoms with Crippen LogP contribution in [0.25, 0.3) is 0 Å². The van der Waals surface area contributed by atoms with Crippen molar-refractivity contribution in [3.05, 3.63) is 0 Å². The van der Waals surface area contributed by atoms with E-state index >= 15 is 0 Å². The Morgan fingerprint density at radius 1 is 0.414 bits per heavy atom. The molecule has 0 saturated heterocycles. The third-order valence-electron chi connectivity index (χ3n) is 3.96. The summed E-state index contributed by atoms with van der Waals surface area (Å²) in [6.07, 6.45) is -25.8. The average Bonchev–Trinajstić information content (AvgIpc) is 2.46. The van der Waals surface area contributed by atoms with Gasteiger partial charge in [-0.1, -0.05) is 0 Å². The van der Waals surface area contributed by atoms with Gasteiger partial charge in [-0.25, -0.2) is 0 Å². The summed E-state index contributed by atoms with van der Waals surface area (Å²) in [4.78, 5) is 9.94. The van der Waals surface area contributed by atoms with Crippen molar-refractivity contribution in [3.63, 3.8) is 0 Å². The van der Waals surface area contributed by atoms with E-state index in [0.717, 1.165) is 0 Å². The standard InChI is InChI=1S/C12H13F15OSi/c13-7(14,10(19,20)21)1-4-29(28,5-2-8(15,16)11(22,23)24)6-3-9(17,18)12(25,26)27/h28H,1-6H2. The van der Waals surface area contributed by atoms with Crippen LogP contribution in [0.1, 0.15) is 19.3 Å². The predicted octanol–water partition coefficient (Wildman–Crippen LogP) is 6.69. The second-order valence-electron chi connectivity index (χ2n) is 6.33. The summed E-state index contributed by atoms with van der Waals surface area (Å²) >= 11 is 0. The molecule has 0 aliphatic carbocycles. The number of halogens is 15. The van der Waals surface area contributed by atoms with Crippen molar-refractivity contribution in [2.45, 2.75) is 73.7 Å². The lowest BCUT2D eigenvalue weighted by molar-refractivity contribution is -0.284. The molecule has 0 radical (unpaired) electrons. The first-order valence-corrected chi connectivity index (χ1v) is 10.00. The van der Waals surface area contributed by atoms with Gasteiger partial charge in [0.1, 0.15) is 0 Å². The summed E-state index contributed by atoms with van der Waals surface area (Å²) in [6, 6.07) is -5.50. The Hall–Kier alpha value is -0.873. The normalized spacial score (nSPS) is 15.7. The quantitative estimate of drug-likeness (QED) is 0.285. The molecule has 0 aromatic carbocycles. The molecule has 176 valence electrons. The molecule has 0 aliphatic heterocycles. The molecule has 0 aromatic rings. The summed E-state index contributed by atoms with van der Waals surface area (Å²) in [6.45, 7) is 0. The topological polar surface area (TPSA) is 20.2 Å². The molecule has 0 rings (SSSR count). The molecule has 0 amide bonds. The fourth-order valence-electron chi connectivity index (χ4n) is 1.97. The third-order valence-corrected chi connectivity index (χ3v) is 7.50. The molecule has 0 fully saturated rings. The van der Waals surface area contributed by atoms with Gasteiger partial charge in [0, 0.05) is 19.3 Å². The largest absolute Gasteiger partial charge is 0.453 e. The first-order valence-electron chi connectivity index (χ1n) is 7.43. The Morgan fingerprint density at radius 3 is 0.724 bits per heavy atom. The number of alkyl halides is 15. The van der Waals surface area contributed by atoms with Gasteiger partial charge in [-0.15, -0.1) is 0 Å². The molecular weight excluding hydrogens is 473 g/mol. The van der Waals surface area contributed by atoms with E-state index in [1.807, 2.05) is 0 Å². The zero-order valence-corrected chi connectivity index (χ0v) is 14.9. The van der Waals surface area contributed by atoms with Crippen LogP contribution in [0.15, 0.2) is 0 Å². The second kappa shape index (κ2) is 8.34. The monoisotopic (exact) mass is 486 g/mol. The van der Waals surface area contributed by atoms with E-state index in [-0.39, 0.29) is 0 Å². The lowest BCUT2D eigenvalue weighted by Crippen LogP contribution is -2.46. The van der Waals surface area contributed by atoms with Crippen molar-refractivity contribution in [2.24, 2.45) is 0 Å². The van der Waals surface area contributed by atoms with Crippen molar-refractivity contribution < 1.29 is 70.7 Å². The zero-order valence-electron chi connectivity index (χ0n) is 13.9.